The van der Waals surface area contributed by atoms with Gasteiger partial charge in [-0.2, -0.15) is 8.42 Å². The fourth-order valence-corrected chi connectivity index (χ4v) is 7.56. The van der Waals surface area contributed by atoms with Crippen LogP contribution in [0.5, 0.6) is 0 Å². The van der Waals surface area contributed by atoms with E-state index in [1.807, 2.05) is 0 Å². The van der Waals surface area contributed by atoms with Crippen molar-refractivity contribution in [3.63, 3.8) is 0 Å². The van der Waals surface area contributed by atoms with Crippen LogP contribution in [0, 0.1) is 0 Å². The van der Waals surface area contributed by atoms with Gasteiger partial charge in [0.25, 0.3) is 0 Å². The van der Waals surface area contributed by atoms with E-state index in [1.54, 1.807) is 0 Å². The van der Waals surface area contributed by atoms with Gasteiger partial charge in [-0.3, -0.25) is 9.35 Å². The molecule has 0 spiro atoms. The molecule has 1 heterocycles. The van der Waals surface area contributed by atoms with Crippen LogP contribution in [-0.4, -0.2) is 107 Å². The number of hydrogen-bond donors (Lipinski definition) is 7. The molecule has 1 saturated heterocycles. The van der Waals surface area contributed by atoms with Crippen LogP contribution < -0.4 is 5.32 Å². The number of carbonyl (C=O) groups excluding carboxylic acids is 1. The Morgan fingerprint density at radius 3 is 1.48 bits per heavy atom. The lowest BCUT2D eigenvalue weighted by molar-refractivity contribution is -0.298. The molecule has 13 nitrogen and oxygen atoms in total. The first-order chi connectivity index (χ1) is 25.9. The Bertz CT molecular complexity index is 1010. The third-order valence-electron chi connectivity index (χ3n) is 10.5. The molecule has 1 amide bonds. The summed E-state index contributed by atoms with van der Waals surface area (Å²) in [7, 11) is -5.10. The van der Waals surface area contributed by atoms with Crippen molar-refractivity contribution in [1.29, 1.82) is 0 Å². The largest absolute Gasteiger partial charge is 0.397 e. The predicted molar refractivity (Wildman–Crippen MR) is 210 cm³/mol. The van der Waals surface area contributed by atoms with Gasteiger partial charge in [-0.05, 0) is 12.8 Å². The maximum Gasteiger partial charge on any atom is 0.397 e. The number of aliphatic hydroxyl groups excluding tert-OH is 5. The van der Waals surface area contributed by atoms with Gasteiger partial charge in [-0.15, -0.1) is 0 Å². The van der Waals surface area contributed by atoms with Crippen LogP contribution in [0.4, 0.5) is 0 Å². The number of nitrogens with one attached hydrogen (secondary N) is 1. The number of carbonyl (C=O) groups is 1. The predicted octanol–water partition coefficient (Wildman–Crippen LogP) is 6.41. The normalized spacial score (nSPS) is 22.3. The standard InChI is InChI=1S/C40H79NO12S/c1-3-5-7-9-11-13-15-16-17-18-19-21-23-25-27-29-34(44)39(47)41-32(33(43)28-26-24-22-20-14-12-10-8-6-4-2)31-51-40-37(46)38(53-54(48,49)50)36(45)35(30-42)52-40/h32-38,40,42-46H,3-31H2,1-2H3,(H,41,47)(H,48,49,50). The fourth-order valence-electron chi connectivity index (χ4n) is 7.05. The minimum atomic E-state index is -5.10. The fraction of sp³-hybridized carbons (Fsp3) is 0.975. The van der Waals surface area contributed by atoms with E-state index < -0.39 is 78.5 Å². The summed E-state index contributed by atoms with van der Waals surface area (Å²) in [4.78, 5) is 13.1. The van der Waals surface area contributed by atoms with E-state index in [0.717, 1.165) is 38.5 Å². The molecule has 0 bridgehead atoms. The van der Waals surface area contributed by atoms with Gasteiger partial charge in [0.05, 0.1) is 25.4 Å². The van der Waals surface area contributed by atoms with Crippen molar-refractivity contribution in [3.8, 4) is 0 Å². The Balaban J connectivity index is 2.58. The van der Waals surface area contributed by atoms with E-state index in [1.165, 1.54) is 109 Å². The highest BCUT2D eigenvalue weighted by atomic mass is 32.3. The molecule has 1 aliphatic heterocycles. The van der Waals surface area contributed by atoms with Crippen molar-refractivity contribution in [2.24, 2.45) is 0 Å². The smallest absolute Gasteiger partial charge is 0.394 e. The van der Waals surface area contributed by atoms with Crippen molar-refractivity contribution in [2.45, 2.75) is 236 Å². The van der Waals surface area contributed by atoms with Crippen LogP contribution >= 0.6 is 0 Å². The molecule has 14 heteroatoms. The zero-order valence-electron chi connectivity index (χ0n) is 33.7. The van der Waals surface area contributed by atoms with Gasteiger partial charge in [0, 0.05) is 0 Å². The molecule has 0 aromatic rings. The molecule has 0 radical (unpaired) electrons. The van der Waals surface area contributed by atoms with E-state index in [4.69, 9.17) is 14.0 Å². The lowest BCUT2D eigenvalue weighted by Crippen LogP contribution is -2.61. The summed E-state index contributed by atoms with van der Waals surface area (Å²) in [5, 5.41) is 55.1. The maximum atomic E-state index is 13.1. The van der Waals surface area contributed by atoms with E-state index in [9.17, 15) is 38.7 Å². The topological polar surface area (TPSA) is 212 Å². The first-order valence-corrected chi connectivity index (χ1v) is 22.9. The van der Waals surface area contributed by atoms with Gasteiger partial charge in [0.15, 0.2) is 6.29 Å². The summed E-state index contributed by atoms with van der Waals surface area (Å²) >= 11 is 0. The van der Waals surface area contributed by atoms with Crippen LogP contribution in [0.15, 0.2) is 0 Å². The second-order valence-electron chi connectivity index (χ2n) is 15.4. The first-order valence-electron chi connectivity index (χ1n) is 21.5. The molecule has 0 aromatic heterocycles. The van der Waals surface area contributed by atoms with Crippen LogP contribution in [0.2, 0.25) is 0 Å². The van der Waals surface area contributed by atoms with Gasteiger partial charge < -0.3 is 40.3 Å². The second kappa shape index (κ2) is 32.1. The van der Waals surface area contributed by atoms with Gasteiger partial charge in [0.1, 0.15) is 30.5 Å². The molecular weight excluding hydrogens is 719 g/mol. The highest BCUT2D eigenvalue weighted by Gasteiger charge is 2.48. The Hall–Kier alpha value is -0.940. The molecule has 1 aliphatic rings. The Morgan fingerprint density at radius 1 is 0.667 bits per heavy atom. The van der Waals surface area contributed by atoms with E-state index >= 15 is 0 Å². The van der Waals surface area contributed by atoms with E-state index in [-0.39, 0.29) is 6.42 Å². The van der Waals surface area contributed by atoms with E-state index in [0.29, 0.717) is 19.3 Å². The summed E-state index contributed by atoms with van der Waals surface area (Å²) in [6.07, 6.45) is 18.7. The average Bonchev–Trinajstić information content (AvgIpc) is 3.14. The summed E-state index contributed by atoms with van der Waals surface area (Å²) in [5.74, 6) is -0.669. The lowest BCUT2D eigenvalue weighted by atomic mass is 9.99. The van der Waals surface area contributed by atoms with Crippen LogP contribution in [-0.2, 0) is 28.9 Å². The van der Waals surface area contributed by atoms with Crippen molar-refractivity contribution in [3.05, 3.63) is 0 Å². The quantitative estimate of drug-likeness (QED) is 0.0271. The average molecular weight is 798 g/mol. The highest BCUT2D eigenvalue weighted by Crippen LogP contribution is 2.26. The van der Waals surface area contributed by atoms with Gasteiger partial charge >= 0.3 is 10.4 Å². The number of hydrogen-bond acceptors (Lipinski definition) is 11. The molecule has 0 aliphatic carbocycles. The molecule has 8 unspecified atom stereocenters. The Morgan fingerprint density at radius 2 is 1.07 bits per heavy atom. The van der Waals surface area contributed by atoms with Crippen LogP contribution in [0.3, 0.4) is 0 Å². The third-order valence-corrected chi connectivity index (χ3v) is 11.0. The van der Waals surface area contributed by atoms with Crippen molar-refractivity contribution < 1.29 is 57.0 Å². The monoisotopic (exact) mass is 798 g/mol. The lowest BCUT2D eigenvalue weighted by Gasteiger charge is -2.41. The third kappa shape index (κ3) is 24.6. The zero-order chi connectivity index (χ0) is 40.0. The number of rotatable bonds is 36. The zero-order valence-corrected chi connectivity index (χ0v) is 34.5. The summed E-state index contributed by atoms with van der Waals surface area (Å²) in [6.45, 7) is 3.24. The Labute approximate surface area is 327 Å². The van der Waals surface area contributed by atoms with Gasteiger partial charge in [-0.1, -0.05) is 174 Å². The minimum absolute atomic E-state index is 0.265. The molecule has 1 rings (SSSR count). The summed E-state index contributed by atoms with van der Waals surface area (Å²) in [6, 6.07) is -1.03. The number of ether oxygens (including phenoxy) is 2. The molecule has 8 atom stereocenters. The maximum absolute atomic E-state index is 13.1. The summed E-state index contributed by atoms with van der Waals surface area (Å²) < 4.78 is 47.4. The molecule has 54 heavy (non-hydrogen) atoms. The van der Waals surface area contributed by atoms with Gasteiger partial charge in [-0.25, -0.2) is 4.18 Å². The van der Waals surface area contributed by atoms with Crippen LogP contribution in [0.25, 0.3) is 0 Å². The molecule has 322 valence electrons. The molecule has 1 fully saturated rings. The van der Waals surface area contributed by atoms with Crippen molar-refractivity contribution in [2.75, 3.05) is 13.2 Å². The number of aliphatic hydroxyl groups is 5. The van der Waals surface area contributed by atoms with Crippen molar-refractivity contribution in [1.82, 2.24) is 5.32 Å². The molecular formula is C40H79NO12S. The van der Waals surface area contributed by atoms with Crippen molar-refractivity contribution >= 4 is 16.3 Å². The number of amides is 1. The Kier molecular flexibility index (Phi) is 30.3. The van der Waals surface area contributed by atoms with Gasteiger partial charge in [0.2, 0.25) is 5.91 Å². The molecule has 0 saturated carbocycles. The van der Waals surface area contributed by atoms with E-state index in [2.05, 4.69) is 23.3 Å². The minimum Gasteiger partial charge on any atom is -0.394 e. The second-order valence-corrected chi connectivity index (χ2v) is 16.5. The van der Waals surface area contributed by atoms with Crippen LogP contribution in [0.1, 0.15) is 187 Å². The highest BCUT2D eigenvalue weighted by molar-refractivity contribution is 7.80. The number of unbranched alkanes of at least 4 members (excludes halogenated alkanes) is 23. The SMILES string of the molecule is CCCCCCCCCCCCCCCCCC(O)C(=O)NC(COC1OC(CO)C(O)C(OS(=O)(=O)O)C1O)C(O)CCCCCCCCCCCC. The summed E-state index contributed by atoms with van der Waals surface area (Å²) in [5.41, 5.74) is 0. The molecule has 7 N–H and O–H groups in total. The first kappa shape index (κ1) is 51.1. The molecule has 0 aromatic carbocycles.